The first-order valence-electron chi connectivity index (χ1n) is 8.11. The van der Waals surface area contributed by atoms with E-state index in [-0.39, 0.29) is 17.1 Å². The van der Waals surface area contributed by atoms with Crippen molar-refractivity contribution < 1.29 is 14.4 Å². The molecule has 0 aliphatic heterocycles. The first kappa shape index (κ1) is 18.4. The molecule has 0 fully saturated rings. The maximum atomic E-state index is 11.1. The number of para-hydroxylation sites is 2. The molecule has 0 aliphatic rings. The van der Waals surface area contributed by atoms with E-state index in [4.69, 9.17) is 0 Å². The van der Waals surface area contributed by atoms with Crippen molar-refractivity contribution in [2.24, 2.45) is 15.0 Å². The Bertz CT molecular complexity index is 1090. The lowest BCUT2D eigenvalue weighted by atomic mass is 10.1. The second-order valence-electron chi connectivity index (χ2n) is 5.42. The predicted octanol–water partition coefficient (Wildman–Crippen LogP) is 5.06. The Balaban J connectivity index is 2.37. The predicted molar refractivity (Wildman–Crippen MR) is 104 cm³/mol. The van der Waals surface area contributed by atoms with E-state index in [0.717, 1.165) is 11.4 Å². The lowest BCUT2D eigenvalue weighted by Gasteiger charge is -2.26. The average Bonchev–Trinajstić information content (AvgIpc) is 2.74. The van der Waals surface area contributed by atoms with Crippen LogP contribution in [0, 0.1) is 0 Å². The van der Waals surface area contributed by atoms with Crippen molar-refractivity contribution in [1.82, 2.24) is 0 Å². The Kier molecular flexibility index (Phi) is 5.79. The average molecular weight is 368 g/mol. The van der Waals surface area contributed by atoms with E-state index in [1.807, 2.05) is 65.6 Å². The molecule has 0 bridgehead atoms. The third kappa shape index (κ3) is 3.73. The van der Waals surface area contributed by atoms with Crippen LogP contribution in [0.2, 0.25) is 0 Å². The Morgan fingerprint density at radius 2 is 1.07 bits per heavy atom. The molecule has 0 saturated heterocycles. The van der Waals surface area contributed by atoms with Gasteiger partial charge >= 0.3 is 0 Å². The number of nitrogens with zero attached hydrogens (tertiary/aromatic N) is 4. The van der Waals surface area contributed by atoms with E-state index in [0.29, 0.717) is 5.69 Å². The third-order valence-corrected chi connectivity index (χ3v) is 3.86. The molecule has 0 unspecified atom stereocenters. The topological polar surface area (TPSA) is 91.5 Å². The van der Waals surface area contributed by atoms with Gasteiger partial charge in [-0.1, -0.05) is 36.4 Å². The van der Waals surface area contributed by atoms with Crippen LogP contribution in [-0.4, -0.2) is 18.2 Å². The molecule has 0 amide bonds. The first-order valence-corrected chi connectivity index (χ1v) is 8.11. The summed E-state index contributed by atoms with van der Waals surface area (Å²) in [4.78, 5) is 45.4. The van der Waals surface area contributed by atoms with Crippen molar-refractivity contribution in [3.8, 4) is 0 Å². The van der Waals surface area contributed by atoms with Crippen molar-refractivity contribution in [3.05, 3.63) is 72.8 Å². The van der Waals surface area contributed by atoms with E-state index < -0.39 is 0 Å². The Labute approximate surface area is 160 Å². The molecule has 0 aromatic heterocycles. The van der Waals surface area contributed by atoms with Gasteiger partial charge in [0.1, 0.15) is 17.1 Å². The summed E-state index contributed by atoms with van der Waals surface area (Å²) >= 11 is 0. The van der Waals surface area contributed by atoms with Gasteiger partial charge in [0.25, 0.3) is 0 Å². The molecule has 0 saturated carbocycles. The third-order valence-electron chi connectivity index (χ3n) is 3.86. The highest BCUT2D eigenvalue weighted by Gasteiger charge is 2.20. The molecule has 0 spiro atoms. The number of aliphatic imine (C=N–C) groups is 3. The Morgan fingerprint density at radius 3 is 1.57 bits per heavy atom. The number of rotatable bonds is 6. The van der Waals surface area contributed by atoms with E-state index in [2.05, 4.69) is 15.0 Å². The summed E-state index contributed by atoms with van der Waals surface area (Å²) in [6, 6.07) is 21.8. The number of hydrogen-bond donors (Lipinski definition) is 0. The van der Waals surface area contributed by atoms with Gasteiger partial charge in [-0.2, -0.15) is 15.0 Å². The van der Waals surface area contributed by atoms with Crippen LogP contribution in [0.3, 0.4) is 0 Å². The van der Waals surface area contributed by atoms with Gasteiger partial charge in [-0.15, -0.1) is 0 Å². The SMILES string of the molecule is O=C=Nc1ccc(N(c2ccccc2)c2ccccc2)c(N=C=O)c1N=C=O. The van der Waals surface area contributed by atoms with E-state index >= 15 is 0 Å². The zero-order chi connectivity index (χ0) is 19.8. The first-order chi connectivity index (χ1) is 13.8. The highest BCUT2D eigenvalue weighted by Crippen LogP contribution is 2.48. The number of hydrogen-bond acceptors (Lipinski definition) is 7. The minimum Gasteiger partial charge on any atom is -0.308 e. The van der Waals surface area contributed by atoms with Crippen LogP contribution >= 0.6 is 0 Å². The van der Waals surface area contributed by atoms with Crippen molar-refractivity contribution in [2.45, 2.75) is 0 Å². The Morgan fingerprint density at radius 1 is 0.571 bits per heavy atom. The molecule has 0 atom stereocenters. The molecule has 7 heteroatoms. The zero-order valence-electron chi connectivity index (χ0n) is 14.4. The molecule has 0 aliphatic carbocycles. The number of carbonyl (C=O) groups excluding carboxylic acids is 3. The van der Waals surface area contributed by atoms with Crippen molar-refractivity contribution >= 4 is 52.4 Å². The molecule has 0 N–H and O–H groups in total. The largest absolute Gasteiger partial charge is 0.308 e. The fourth-order valence-electron chi connectivity index (χ4n) is 2.77. The number of benzene rings is 3. The van der Waals surface area contributed by atoms with Crippen LogP contribution in [0.4, 0.5) is 34.1 Å². The Hall–Kier alpha value is -4.40. The van der Waals surface area contributed by atoms with Crippen LogP contribution in [0.25, 0.3) is 0 Å². The monoisotopic (exact) mass is 368 g/mol. The van der Waals surface area contributed by atoms with Gasteiger partial charge < -0.3 is 4.90 Å². The van der Waals surface area contributed by atoms with Gasteiger partial charge in [0.05, 0.1) is 5.69 Å². The van der Waals surface area contributed by atoms with Gasteiger partial charge in [-0.25, -0.2) is 14.4 Å². The van der Waals surface area contributed by atoms with Crippen LogP contribution in [0.15, 0.2) is 87.8 Å². The normalized spacial score (nSPS) is 9.43. The molecular formula is C21H12N4O3. The lowest BCUT2D eigenvalue weighted by Crippen LogP contribution is -2.10. The fourth-order valence-corrected chi connectivity index (χ4v) is 2.77. The highest BCUT2D eigenvalue weighted by atomic mass is 16.1. The van der Waals surface area contributed by atoms with Crippen molar-refractivity contribution in [3.63, 3.8) is 0 Å². The van der Waals surface area contributed by atoms with E-state index in [1.165, 1.54) is 24.3 Å². The van der Waals surface area contributed by atoms with E-state index in [1.54, 1.807) is 6.07 Å². The maximum absolute atomic E-state index is 11.1. The summed E-state index contributed by atoms with van der Waals surface area (Å²) in [5.74, 6) is 0. The van der Waals surface area contributed by atoms with Crippen LogP contribution in [-0.2, 0) is 14.4 Å². The summed E-state index contributed by atoms with van der Waals surface area (Å²) in [6.45, 7) is 0. The molecular weight excluding hydrogens is 356 g/mol. The summed E-state index contributed by atoms with van der Waals surface area (Å²) in [7, 11) is 0. The van der Waals surface area contributed by atoms with Crippen molar-refractivity contribution in [1.29, 1.82) is 0 Å². The van der Waals surface area contributed by atoms with Gasteiger partial charge in [-0.3, -0.25) is 0 Å². The summed E-state index contributed by atoms with van der Waals surface area (Å²) in [5, 5.41) is 0. The number of anilines is 3. The van der Waals surface area contributed by atoms with Crippen LogP contribution in [0.1, 0.15) is 0 Å². The summed E-state index contributed by atoms with van der Waals surface area (Å²) < 4.78 is 0. The second-order valence-corrected chi connectivity index (χ2v) is 5.42. The van der Waals surface area contributed by atoms with Gasteiger partial charge in [0, 0.05) is 11.4 Å². The summed E-state index contributed by atoms with van der Waals surface area (Å²) in [6.07, 6.45) is 4.27. The smallest absolute Gasteiger partial charge is 0.240 e. The molecule has 7 nitrogen and oxygen atoms in total. The molecule has 134 valence electrons. The molecule has 3 aromatic rings. The number of isocyanates is 3. The summed E-state index contributed by atoms with van der Waals surface area (Å²) in [5.41, 5.74) is 2.00. The molecule has 0 heterocycles. The van der Waals surface area contributed by atoms with Crippen LogP contribution in [0.5, 0.6) is 0 Å². The molecule has 3 aromatic carbocycles. The van der Waals surface area contributed by atoms with Gasteiger partial charge in [0.2, 0.25) is 18.2 Å². The maximum Gasteiger partial charge on any atom is 0.240 e. The van der Waals surface area contributed by atoms with Crippen LogP contribution < -0.4 is 4.90 Å². The molecule has 3 rings (SSSR count). The lowest BCUT2D eigenvalue weighted by molar-refractivity contribution is 0.564. The fraction of sp³-hybridized carbons (Fsp3) is 0. The van der Waals surface area contributed by atoms with Crippen molar-refractivity contribution in [2.75, 3.05) is 4.90 Å². The minimum atomic E-state index is -0.0731. The van der Waals surface area contributed by atoms with E-state index in [9.17, 15) is 14.4 Å². The second kappa shape index (κ2) is 8.81. The zero-order valence-corrected chi connectivity index (χ0v) is 14.4. The highest BCUT2D eigenvalue weighted by molar-refractivity contribution is 5.94. The molecule has 0 radical (unpaired) electrons. The standard InChI is InChI=1S/C21H12N4O3/c26-13-22-18-11-12-19(21(24-15-28)20(18)23-14-27)25(16-7-3-1-4-8-16)17-9-5-2-6-10-17/h1-12H. The molecule has 28 heavy (non-hydrogen) atoms. The minimum absolute atomic E-state index is 0.0301. The van der Waals surface area contributed by atoms with Gasteiger partial charge in [0.15, 0.2) is 0 Å². The quantitative estimate of drug-likeness (QED) is 0.449. The van der Waals surface area contributed by atoms with Gasteiger partial charge in [-0.05, 0) is 36.4 Å².